The number of anilines is 1. The van der Waals surface area contributed by atoms with Gasteiger partial charge in [0.15, 0.2) is 0 Å². The van der Waals surface area contributed by atoms with Crippen molar-refractivity contribution in [3.05, 3.63) is 29.8 Å². The van der Waals surface area contributed by atoms with E-state index in [4.69, 9.17) is 4.84 Å². The summed E-state index contributed by atoms with van der Waals surface area (Å²) in [5.41, 5.74) is 4.37. The van der Waals surface area contributed by atoms with Gasteiger partial charge >= 0.3 is 5.97 Å². The van der Waals surface area contributed by atoms with Gasteiger partial charge in [-0.2, -0.15) is 0 Å². The number of Topliss-reactive ketones (excluding diaryl/α,β-unsaturated/α-hetero) is 1. The van der Waals surface area contributed by atoms with Crippen LogP contribution in [0.3, 0.4) is 0 Å². The number of aryl methyl sites for hydroxylation is 1. The summed E-state index contributed by atoms with van der Waals surface area (Å²) in [6.07, 6.45) is 0.706. The van der Waals surface area contributed by atoms with Crippen LogP contribution in [0.15, 0.2) is 24.3 Å². The topological polar surface area (TPSA) is 55.4 Å². The Labute approximate surface area is 94.6 Å². The molecule has 0 aliphatic heterocycles. The monoisotopic (exact) mass is 221 g/mol. The van der Waals surface area contributed by atoms with Crippen molar-refractivity contribution in [1.29, 1.82) is 0 Å². The van der Waals surface area contributed by atoms with E-state index in [0.717, 1.165) is 12.0 Å². The maximum absolute atomic E-state index is 11.1. The molecule has 0 radical (unpaired) electrons. The summed E-state index contributed by atoms with van der Waals surface area (Å²) >= 11 is 0. The molecular weight excluding hydrogens is 206 g/mol. The van der Waals surface area contributed by atoms with Crippen LogP contribution in [0.5, 0.6) is 0 Å². The molecule has 0 atom stereocenters. The fraction of sp³-hybridized carbons (Fsp3) is 0.333. The van der Waals surface area contributed by atoms with E-state index in [1.807, 2.05) is 25.1 Å². The molecule has 0 aliphatic carbocycles. The van der Waals surface area contributed by atoms with E-state index in [0.29, 0.717) is 5.69 Å². The van der Waals surface area contributed by atoms with Crippen LogP contribution in [0.25, 0.3) is 0 Å². The molecular formula is C12H15NO3. The Morgan fingerprint density at radius 3 is 2.75 bits per heavy atom. The molecule has 86 valence electrons. The van der Waals surface area contributed by atoms with Crippen molar-refractivity contribution in [1.82, 2.24) is 0 Å². The quantitative estimate of drug-likeness (QED) is 0.611. The first-order valence-electron chi connectivity index (χ1n) is 5.16. The average Bonchev–Trinajstić information content (AvgIpc) is 2.26. The van der Waals surface area contributed by atoms with Crippen LogP contribution in [0.4, 0.5) is 5.69 Å². The number of carbonyl (C=O) groups excluding carboxylic acids is 2. The third kappa shape index (κ3) is 4.13. The van der Waals surface area contributed by atoms with Crippen LogP contribution in [0.1, 0.15) is 25.8 Å². The Hall–Kier alpha value is -1.84. The molecule has 0 amide bonds. The zero-order valence-electron chi connectivity index (χ0n) is 9.45. The number of ketones is 1. The third-order valence-corrected chi connectivity index (χ3v) is 2.01. The molecule has 0 spiro atoms. The molecule has 4 heteroatoms. The number of benzene rings is 1. The first-order valence-corrected chi connectivity index (χ1v) is 5.16. The minimum Gasteiger partial charge on any atom is -0.343 e. The van der Waals surface area contributed by atoms with Crippen LogP contribution in [0.2, 0.25) is 0 Å². The van der Waals surface area contributed by atoms with Crippen molar-refractivity contribution in [2.45, 2.75) is 26.7 Å². The van der Waals surface area contributed by atoms with Crippen molar-refractivity contribution < 1.29 is 14.4 Å². The van der Waals surface area contributed by atoms with Gasteiger partial charge in [-0.25, -0.2) is 10.3 Å². The summed E-state index contributed by atoms with van der Waals surface area (Å²) < 4.78 is 0. The Morgan fingerprint density at radius 1 is 1.38 bits per heavy atom. The highest BCUT2D eigenvalue weighted by atomic mass is 16.7. The van der Waals surface area contributed by atoms with Crippen molar-refractivity contribution in [2.75, 3.05) is 5.48 Å². The van der Waals surface area contributed by atoms with Gasteiger partial charge in [0, 0.05) is 0 Å². The van der Waals surface area contributed by atoms with Gasteiger partial charge in [0.05, 0.1) is 5.69 Å². The Bertz CT molecular complexity index is 388. The van der Waals surface area contributed by atoms with Gasteiger partial charge in [-0.15, -0.1) is 0 Å². The lowest BCUT2D eigenvalue weighted by Crippen LogP contribution is -2.13. The second kappa shape index (κ2) is 5.90. The molecule has 1 rings (SSSR count). The summed E-state index contributed by atoms with van der Waals surface area (Å²) in [5.74, 6) is -0.788. The zero-order chi connectivity index (χ0) is 12.0. The molecule has 0 heterocycles. The van der Waals surface area contributed by atoms with Crippen molar-refractivity contribution in [3.8, 4) is 0 Å². The summed E-state index contributed by atoms with van der Waals surface area (Å²) in [6, 6.07) is 7.55. The fourth-order valence-electron chi connectivity index (χ4n) is 1.21. The molecule has 0 saturated heterocycles. The van der Waals surface area contributed by atoms with E-state index in [1.54, 1.807) is 6.07 Å². The second-order valence-corrected chi connectivity index (χ2v) is 3.51. The van der Waals surface area contributed by atoms with Crippen LogP contribution >= 0.6 is 0 Å². The van der Waals surface area contributed by atoms with Gasteiger partial charge in [-0.1, -0.05) is 19.1 Å². The lowest BCUT2D eigenvalue weighted by molar-refractivity contribution is -0.143. The highest BCUT2D eigenvalue weighted by Crippen LogP contribution is 2.11. The van der Waals surface area contributed by atoms with E-state index in [-0.39, 0.29) is 12.2 Å². The maximum Gasteiger partial charge on any atom is 0.339 e. The first kappa shape index (κ1) is 12.2. The summed E-state index contributed by atoms with van der Waals surface area (Å²) in [7, 11) is 0. The van der Waals surface area contributed by atoms with Crippen LogP contribution in [-0.2, 0) is 20.8 Å². The molecule has 0 unspecified atom stereocenters. The lowest BCUT2D eigenvalue weighted by Gasteiger charge is -2.06. The van der Waals surface area contributed by atoms with Gasteiger partial charge in [0.25, 0.3) is 0 Å². The molecule has 1 aromatic carbocycles. The molecule has 16 heavy (non-hydrogen) atoms. The summed E-state index contributed by atoms with van der Waals surface area (Å²) in [5, 5.41) is 0. The molecule has 0 fully saturated rings. The van der Waals surface area contributed by atoms with Gasteiger partial charge in [0.1, 0.15) is 12.2 Å². The average molecular weight is 221 g/mol. The Morgan fingerprint density at radius 2 is 2.12 bits per heavy atom. The number of carbonyl (C=O) groups is 2. The molecule has 0 bridgehead atoms. The molecule has 0 aromatic heterocycles. The third-order valence-electron chi connectivity index (χ3n) is 2.01. The van der Waals surface area contributed by atoms with Crippen LogP contribution < -0.4 is 5.48 Å². The predicted octanol–water partition coefficient (Wildman–Crippen LogP) is 2.10. The van der Waals surface area contributed by atoms with E-state index in [2.05, 4.69) is 5.48 Å². The lowest BCUT2D eigenvalue weighted by atomic mass is 10.1. The van der Waals surface area contributed by atoms with Crippen LogP contribution in [-0.4, -0.2) is 11.8 Å². The van der Waals surface area contributed by atoms with Gasteiger partial charge in [-0.05, 0) is 31.0 Å². The van der Waals surface area contributed by atoms with E-state index >= 15 is 0 Å². The highest BCUT2D eigenvalue weighted by Gasteiger charge is 2.06. The van der Waals surface area contributed by atoms with Gasteiger partial charge < -0.3 is 4.84 Å². The fourth-order valence-corrected chi connectivity index (χ4v) is 1.21. The molecule has 0 aliphatic rings. The highest BCUT2D eigenvalue weighted by molar-refractivity contribution is 5.94. The van der Waals surface area contributed by atoms with Gasteiger partial charge in [-0.3, -0.25) is 4.79 Å². The van der Waals surface area contributed by atoms with Gasteiger partial charge in [0.2, 0.25) is 0 Å². The predicted molar refractivity (Wildman–Crippen MR) is 60.8 cm³/mol. The normalized spacial score (nSPS) is 9.62. The maximum atomic E-state index is 11.1. The van der Waals surface area contributed by atoms with Crippen LogP contribution in [0, 0.1) is 0 Å². The van der Waals surface area contributed by atoms with E-state index in [1.165, 1.54) is 6.92 Å². The first-order chi connectivity index (χ1) is 7.61. The van der Waals surface area contributed by atoms with E-state index < -0.39 is 5.97 Å². The minimum absolute atomic E-state index is 0.208. The number of nitrogens with one attached hydrogen (secondary N) is 1. The van der Waals surface area contributed by atoms with Crippen molar-refractivity contribution in [3.63, 3.8) is 0 Å². The molecule has 1 aromatic rings. The smallest absolute Gasteiger partial charge is 0.339 e. The number of hydrogen-bond donors (Lipinski definition) is 1. The largest absolute Gasteiger partial charge is 0.343 e. The minimum atomic E-state index is -0.575. The second-order valence-electron chi connectivity index (χ2n) is 3.51. The zero-order valence-corrected chi connectivity index (χ0v) is 9.45. The number of hydrogen-bond acceptors (Lipinski definition) is 4. The SMILES string of the molecule is CCc1cccc(NOC(=O)CC(C)=O)c1. The van der Waals surface area contributed by atoms with Crippen molar-refractivity contribution >= 4 is 17.4 Å². The Balaban J connectivity index is 2.47. The van der Waals surface area contributed by atoms with E-state index in [9.17, 15) is 9.59 Å². The molecule has 1 N–H and O–H groups in total. The molecule has 0 saturated carbocycles. The standard InChI is InChI=1S/C12H15NO3/c1-3-10-5-4-6-11(8-10)13-16-12(15)7-9(2)14/h4-6,8,13H,3,7H2,1-2H3. The van der Waals surface area contributed by atoms with Crippen molar-refractivity contribution in [2.24, 2.45) is 0 Å². The Kier molecular flexibility index (Phi) is 4.51. The summed E-state index contributed by atoms with van der Waals surface area (Å²) in [6.45, 7) is 3.39. The molecule has 4 nitrogen and oxygen atoms in total. The number of rotatable bonds is 5. The summed E-state index contributed by atoms with van der Waals surface area (Å²) in [4.78, 5) is 26.4.